The highest BCUT2D eigenvalue weighted by Gasteiger charge is 2.44. The first-order chi connectivity index (χ1) is 15.4. The second kappa shape index (κ2) is 9.87. The van der Waals surface area contributed by atoms with E-state index in [9.17, 15) is 14.4 Å². The number of hydrogen-bond acceptors (Lipinski definition) is 5. The van der Waals surface area contributed by atoms with E-state index >= 15 is 0 Å². The Hall–Kier alpha value is -1.99. The predicted molar refractivity (Wildman–Crippen MR) is 129 cm³/mol. The molecule has 1 aliphatic heterocycles. The van der Waals surface area contributed by atoms with Crippen molar-refractivity contribution in [2.75, 3.05) is 26.7 Å². The van der Waals surface area contributed by atoms with E-state index in [2.05, 4.69) is 24.1 Å². The minimum absolute atomic E-state index is 0.00610. The van der Waals surface area contributed by atoms with Crippen molar-refractivity contribution in [1.82, 2.24) is 14.4 Å². The molecule has 1 aromatic heterocycles. The van der Waals surface area contributed by atoms with E-state index in [0.717, 1.165) is 74.7 Å². The lowest BCUT2D eigenvalue weighted by Crippen LogP contribution is -2.47. The van der Waals surface area contributed by atoms with Crippen LogP contribution in [0.2, 0.25) is 0 Å². The van der Waals surface area contributed by atoms with Crippen LogP contribution in [0.3, 0.4) is 0 Å². The molecule has 1 aliphatic carbocycles. The Morgan fingerprint density at radius 1 is 1.00 bits per heavy atom. The van der Waals surface area contributed by atoms with E-state index in [1.807, 2.05) is 13.1 Å². The van der Waals surface area contributed by atoms with Crippen molar-refractivity contribution >= 4 is 33.4 Å². The summed E-state index contributed by atoms with van der Waals surface area (Å²) in [6, 6.07) is 6.31. The maximum absolute atomic E-state index is 12.5. The summed E-state index contributed by atoms with van der Waals surface area (Å²) >= 11 is 1.31. The van der Waals surface area contributed by atoms with Crippen molar-refractivity contribution in [2.24, 2.45) is 12.5 Å². The molecule has 1 spiro atoms. The molecule has 7 heteroatoms. The van der Waals surface area contributed by atoms with Gasteiger partial charge in [0, 0.05) is 26.4 Å². The standard InChI is InChI=1S/C25H35N3O3S/c1-26(14-7-8-19-9-10-20-21(16-19)32-24(31)27(20)2)13-5-6-15-28-22(29)17-25(18-23(28)30)11-3-4-12-25/h9-10,16H,3-8,11-15,17-18H2,1-2H3. The molecule has 1 aromatic carbocycles. The van der Waals surface area contributed by atoms with Crippen LogP contribution in [-0.2, 0) is 23.1 Å². The first-order valence-electron chi connectivity index (χ1n) is 12.0. The number of benzene rings is 1. The van der Waals surface area contributed by atoms with Gasteiger partial charge in [0.1, 0.15) is 0 Å². The molecule has 2 fully saturated rings. The normalized spacial score (nSPS) is 18.5. The Bertz CT molecular complexity index is 1010. The average molecular weight is 458 g/mol. The number of amides is 2. The molecular formula is C25H35N3O3S. The average Bonchev–Trinajstić information content (AvgIpc) is 3.30. The fraction of sp³-hybridized carbons (Fsp3) is 0.640. The van der Waals surface area contributed by atoms with Crippen LogP contribution in [0.5, 0.6) is 0 Å². The molecule has 1 saturated carbocycles. The van der Waals surface area contributed by atoms with Gasteiger partial charge in [-0.15, -0.1) is 0 Å². The second-order valence-corrected chi connectivity index (χ2v) is 10.8. The Kier molecular flexibility index (Phi) is 7.15. The molecule has 0 atom stereocenters. The van der Waals surface area contributed by atoms with Gasteiger partial charge in [-0.3, -0.25) is 19.3 Å². The fourth-order valence-electron chi connectivity index (χ4n) is 5.41. The van der Waals surface area contributed by atoms with Crippen molar-refractivity contribution < 1.29 is 9.59 Å². The molecule has 2 amide bonds. The summed E-state index contributed by atoms with van der Waals surface area (Å²) in [5.41, 5.74) is 2.27. The van der Waals surface area contributed by atoms with Crippen LogP contribution >= 0.6 is 11.3 Å². The topological polar surface area (TPSA) is 62.6 Å². The zero-order valence-electron chi connectivity index (χ0n) is 19.4. The summed E-state index contributed by atoms with van der Waals surface area (Å²) in [6.07, 6.45) is 9.48. The summed E-state index contributed by atoms with van der Waals surface area (Å²) in [5.74, 6) is 0.105. The Morgan fingerprint density at radius 2 is 1.69 bits per heavy atom. The first kappa shape index (κ1) is 23.2. The molecule has 1 saturated heterocycles. The molecule has 0 N–H and O–H groups in total. The Labute approximate surface area is 194 Å². The SMILES string of the molecule is CN(CCCCN1C(=O)CC2(CCCC2)CC1=O)CCCc1ccc2c(c1)sc(=O)n2C. The maximum atomic E-state index is 12.5. The third kappa shape index (κ3) is 5.15. The maximum Gasteiger partial charge on any atom is 0.307 e. The molecule has 6 nitrogen and oxygen atoms in total. The number of imide groups is 1. The number of hydrogen-bond donors (Lipinski definition) is 0. The van der Waals surface area contributed by atoms with Gasteiger partial charge >= 0.3 is 4.87 Å². The molecule has 0 unspecified atom stereocenters. The summed E-state index contributed by atoms with van der Waals surface area (Å²) < 4.78 is 2.76. The van der Waals surface area contributed by atoms with Gasteiger partial charge in [0.25, 0.3) is 0 Å². The van der Waals surface area contributed by atoms with Gasteiger partial charge in [0.05, 0.1) is 10.2 Å². The van der Waals surface area contributed by atoms with Crippen LogP contribution in [0.1, 0.15) is 63.4 Å². The van der Waals surface area contributed by atoms with Gasteiger partial charge < -0.3 is 9.47 Å². The number of fused-ring (bicyclic) bond motifs is 1. The fourth-order valence-corrected chi connectivity index (χ4v) is 6.36. The third-order valence-electron chi connectivity index (χ3n) is 7.35. The molecule has 2 aromatic rings. The molecule has 4 rings (SSSR count). The van der Waals surface area contributed by atoms with E-state index in [4.69, 9.17) is 0 Å². The van der Waals surface area contributed by atoms with Crippen LogP contribution in [0.15, 0.2) is 23.0 Å². The lowest BCUT2D eigenvalue weighted by Gasteiger charge is -2.37. The van der Waals surface area contributed by atoms with Gasteiger partial charge in [0.2, 0.25) is 11.8 Å². The van der Waals surface area contributed by atoms with E-state index in [-0.39, 0.29) is 22.1 Å². The monoisotopic (exact) mass is 457 g/mol. The molecule has 32 heavy (non-hydrogen) atoms. The van der Waals surface area contributed by atoms with Gasteiger partial charge in [-0.05, 0) is 81.8 Å². The number of carbonyl (C=O) groups excluding carboxylic acids is 2. The molecule has 174 valence electrons. The number of carbonyl (C=O) groups is 2. The number of piperidine rings is 1. The summed E-state index contributed by atoms with van der Waals surface area (Å²) in [7, 11) is 3.95. The lowest BCUT2D eigenvalue weighted by molar-refractivity contribution is -0.153. The Balaban J connectivity index is 1.14. The second-order valence-electron chi connectivity index (χ2n) is 9.84. The number of thiazole rings is 1. The summed E-state index contributed by atoms with van der Waals surface area (Å²) in [6.45, 7) is 2.55. The summed E-state index contributed by atoms with van der Waals surface area (Å²) in [4.78, 5) is 40.8. The lowest BCUT2D eigenvalue weighted by atomic mass is 9.76. The highest BCUT2D eigenvalue weighted by molar-refractivity contribution is 7.16. The van der Waals surface area contributed by atoms with Crippen LogP contribution < -0.4 is 4.87 Å². The largest absolute Gasteiger partial charge is 0.307 e. The van der Waals surface area contributed by atoms with E-state index < -0.39 is 0 Å². The van der Waals surface area contributed by atoms with Crippen LogP contribution in [-0.4, -0.2) is 52.9 Å². The highest BCUT2D eigenvalue weighted by Crippen LogP contribution is 2.46. The van der Waals surface area contributed by atoms with Gasteiger partial charge in [-0.25, -0.2) is 0 Å². The summed E-state index contributed by atoms with van der Waals surface area (Å²) in [5, 5.41) is 0. The van der Waals surface area contributed by atoms with Gasteiger partial charge in [-0.2, -0.15) is 0 Å². The number of aryl methyl sites for hydroxylation is 2. The van der Waals surface area contributed by atoms with E-state index in [0.29, 0.717) is 19.4 Å². The van der Waals surface area contributed by atoms with Crippen molar-refractivity contribution in [3.63, 3.8) is 0 Å². The predicted octanol–water partition coefficient (Wildman–Crippen LogP) is 3.95. The van der Waals surface area contributed by atoms with Crippen molar-refractivity contribution in [1.29, 1.82) is 0 Å². The molecule has 2 aliphatic rings. The minimum atomic E-state index is -0.00610. The van der Waals surface area contributed by atoms with Crippen LogP contribution in [0, 0.1) is 5.41 Å². The van der Waals surface area contributed by atoms with Crippen molar-refractivity contribution in [2.45, 2.75) is 64.2 Å². The number of nitrogens with zero attached hydrogens (tertiary/aromatic N) is 3. The minimum Gasteiger partial charge on any atom is -0.306 e. The number of unbranched alkanes of at least 4 members (excludes halogenated alkanes) is 1. The number of aromatic nitrogens is 1. The van der Waals surface area contributed by atoms with Crippen molar-refractivity contribution in [3.8, 4) is 0 Å². The first-order valence-corrected chi connectivity index (χ1v) is 12.8. The van der Waals surface area contributed by atoms with Crippen LogP contribution in [0.4, 0.5) is 0 Å². The highest BCUT2D eigenvalue weighted by atomic mass is 32.1. The zero-order chi connectivity index (χ0) is 22.7. The van der Waals surface area contributed by atoms with Gasteiger partial charge in [-0.1, -0.05) is 30.2 Å². The van der Waals surface area contributed by atoms with Gasteiger partial charge in [0.15, 0.2) is 0 Å². The number of rotatable bonds is 9. The Morgan fingerprint density at radius 3 is 2.41 bits per heavy atom. The third-order valence-corrected chi connectivity index (χ3v) is 8.35. The zero-order valence-corrected chi connectivity index (χ0v) is 20.2. The smallest absolute Gasteiger partial charge is 0.306 e. The van der Waals surface area contributed by atoms with Crippen LogP contribution in [0.25, 0.3) is 10.2 Å². The number of likely N-dealkylation sites (tertiary alicyclic amines) is 1. The van der Waals surface area contributed by atoms with Crippen molar-refractivity contribution in [3.05, 3.63) is 33.4 Å². The molecule has 0 bridgehead atoms. The molecule has 2 heterocycles. The quantitative estimate of drug-likeness (QED) is 0.422. The van der Waals surface area contributed by atoms with E-state index in [1.165, 1.54) is 21.8 Å². The molecule has 0 radical (unpaired) electrons. The van der Waals surface area contributed by atoms with E-state index in [1.54, 1.807) is 4.57 Å². The molecular weight excluding hydrogens is 422 g/mol.